The number of sulfone groups is 1. The van der Waals surface area contributed by atoms with Gasteiger partial charge in [-0.05, 0) is 48.4 Å². The first-order valence-corrected chi connectivity index (χ1v) is 15.2. The largest absolute Gasteiger partial charge is 0.463 e. The SMILES string of the molecule is CCOC(=O)C1=c2s/c(=C/c3ccc([N+](=O)[O-])cc3)c(=O)n2C(N)=C(S(=O)(=O)c2ccccc2)C1c1ccc([N+](=O)[O-])cc1. The summed E-state index contributed by atoms with van der Waals surface area (Å²) >= 11 is 0.854. The highest BCUT2D eigenvalue weighted by Crippen LogP contribution is 2.42. The number of nitrogens with two attached hydrogens (primary N) is 1. The zero-order valence-electron chi connectivity index (χ0n) is 22.8. The quantitative estimate of drug-likeness (QED) is 0.171. The molecule has 224 valence electrons. The van der Waals surface area contributed by atoms with Crippen LogP contribution in [0.1, 0.15) is 24.0 Å². The van der Waals surface area contributed by atoms with Gasteiger partial charge in [-0.25, -0.2) is 13.2 Å². The minimum absolute atomic E-state index is 0.00877. The molecular formula is C29H22N4O9S2. The minimum atomic E-state index is -4.48. The van der Waals surface area contributed by atoms with Crippen molar-refractivity contribution in [1.82, 2.24) is 4.57 Å². The van der Waals surface area contributed by atoms with Crippen LogP contribution in [0.3, 0.4) is 0 Å². The van der Waals surface area contributed by atoms with Crippen molar-refractivity contribution < 1.29 is 27.8 Å². The lowest BCUT2D eigenvalue weighted by Crippen LogP contribution is -2.41. The predicted molar refractivity (Wildman–Crippen MR) is 161 cm³/mol. The number of allylic oxidation sites excluding steroid dienone is 1. The molecule has 2 N–H and O–H groups in total. The summed E-state index contributed by atoms with van der Waals surface area (Å²) in [6.45, 7) is 1.48. The number of nitro groups is 2. The summed E-state index contributed by atoms with van der Waals surface area (Å²) in [5.41, 5.74) is 5.79. The lowest BCUT2D eigenvalue weighted by molar-refractivity contribution is -0.385. The number of non-ortho nitro benzene ring substituents is 2. The third kappa shape index (κ3) is 5.29. The summed E-state index contributed by atoms with van der Waals surface area (Å²) in [5, 5.41) is 22.4. The van der Waals surface area contributed by atoms with E-state index in [-0.39, 0.29) is 43.2 Å². The van der Waals surface area contributed by atoms with E-state index in [1.807, 2.05) is 0 Å². The smallest absolute Gasteiger partial charge is 0.338 e. The van der Waals surface area contributed by atoms with Gasteiger partial charge in [0.1, 0.15) is 15.4 Å². The molecule has 0 aliphatic carbocycles. The zero-order chi connectivity index (χ0) is 31.8. The van der Waals surface area contributed by atoms with E-state index in [0.29, 0.717) is 5.56 Å². The van der Waals surface area contributed by atoms with Crippen molar-refractivity contribution in [3.8, 4) is 0 Å². The molecule has 13 nitrogen and oxygen atoms in total. The fourth-order valence-electron chi connectivity index (χ4n) is 4.78. The molecule has 0 saturated heterocycles. The molecule has 1 atom stereocenters. The van der Waals surface area contributed by atoms with Gasteiger partial charge in [-0.3, -0.25) is 29.6 Å². The molecule has 1 aromatic heterocycles. The number of nitrogens with zero attached hydrogens (tertiary/aromatic N) is 3. The normalized spacial score (nSPS) is 15.2. The molecule has 4 aromatic rings. The van der Waals surface area contributed by atoms with Crippen LogP contribution in [-0.4, -0.2) is 35.4 Å². The Balaban J connectivity index is 1.88. The van der Waals surface area contributed by atoms with Gasteiger partial charge in [-0.2, -0.15) is 0 Å². The van der Waals surface area contributed by atoms with Crippen LogP contribution in [0.2, 0.25) is 0 Å². The average molecular weight is 635 g/mol. The second kappa shape index (κ2) is 11.7. The first-order valence-electron chi connectivity index (χ1n) is 12.9. The third-order valence-electron chi connectivity index (χ3n) is 6.78. The van der Waals surface area contributed by atoms with Crippen molar-refractivity contribution in [3.63, 3.8) is 0 Å². The highest BCUT2D eigenvalue weighted by atomic mass is 32.2. The standard InChI is InChI=1S/C29H22N4O9S2/c1-2-42-29(35)24-23(18-10-14-20(15-11-18)33(38)39)25(44(40,41)21-6-4-3-5-7-21)26(30)31-27(34)22(43-28(24)31)16-17-8-12-19(13-9-17)32(36)37/h3-16,23H,2,30H2,1H3/b22-16+. The minimum Gasteiger partial charge on any atom is -0.463 e. The van der Waals surface area contributed by atoms with Gasteiger partial charge in [-0.1, -0.05) is 30.3 Å². The van der Waals surface area contributed by atoms with Gasteiger partial charge in [0.25, 0.3) is 16.9 Å². The molecule has 2 heterocycles. The molecule has 1 unspecified atom stereocenters. The Morgan fingerprint density at radius 1 is 0.977 bits per heavy atom. The average Bonchev–Trinajstić information content (AvgIpc) is 3.33. The molecule has 5 rings (SSSR count). The van der Waals surface area contributed by atoms with Crippen LogP contribution >= 0.6 is 11.3 Å². The van der Waals surface area contributed by atoms with E-state index in [1.165, 1.54) is 78.9 Å². The Bertz CT molecular complexity index is 2130. The molecule has 0 bridgehead atoms. The van der Waals surface area contributed by atoms with Gasteiger partial charge >= 0.3 is 5.97 Å². The van der Waals surface area contributed by atoms with E-state index < -0.39 is 47.9 Å². The number of esters is 1. The number of rotatable bonds is 8. The molecule has 0 fully saturated rings. The Morgan fingerprint density at radius 3 is 2.09 bits per heavy atom. The van der Waals surface area contributed by atoms with Crippen LogP contribution in [0.4, 0.5) is 11.4 Å². The Hall–Kier alpha value is -5.41. The van der Waals surface area contributed by atoms with Crippen LogP contribution in [0.15, 0.2) is 93.5 Å². The number of fused-ring (bicyclic) bond motifs is 1. The van der Waals surface area contributed by atoms with Gasteiger partial charge in [0.2, 0.25) is 9.84 Å². The van der Waals surface area contributed by atoms with Crippen molar-refractivity contribution in [1.29, 1.82) is 0 Å². The fraction of sp³-hybridized carbons (Fsp3) is 0.103. The molecule has 0 radical (unpaired) electrons. The number of hydrogen-bond donors (Lipinski definition) is 1. The number of thiazole rings is 1. The molecule has 0 amide bonds. The van der Waals surface area contributed by atoms with Crippen molar-refractivity contribution >= 4 is 56.0 Å². The van der Waals surface area contributed by atoms with E-state index in [0.717, 1.165) is 15.9 Å². The molecule has 1 aliphatic rings. The van der Waals surface area contributed by atoms with E-state index in [9.17, 15) is 38.2 Å². The molecule has 0 saturated carbocycles. The molecular weight excluding hydrogens is 612 g/mol. The molecule has 0 spiro atoms. The summed E-state index contributed by atoms with van der Waals surface area (Å²) in [6, 6.07) is 17.7. The van der Waals surface area contributed by atoms with E-state index in [1.54, 1.807) is 13.0 Å². The summed E-state index contributed by atoms with van der Waals surface area (Å²) < 4.78 is 34.7. The number of benzene rings is 3. The summed E-state index contributed by atoms with van der Waals surface area (Å²) in [6.07, 6.45) is 1.43. The molecule has 3 aromatic carbocycles. The van der Waals surface area contributed by atoms with E-state index in [2.05, 4.69) is 0 Å². The van der Waals surface area contributed by atoms with Crippen molar-refractivity contribution in [2.24, 2.45) is 5.73 Å². The monoisotopic (exact) mass is 634 g/mol. The van der Waals surface area contributed by atoms with Gasteiger partial charge in [0.05, 0.1) is 37.4 Å². The van der Waals surface area contributed by atoms with Crippen molar-refractivity contribution in [3.05, 3.63) is 135 Å². The lowest BCUT2D eigenvalue weighted by Gasteiger charge is -2.28. The molecule has 1 aliphatic heterocycles. The van der Waals surface area contributed by atoms with Crippen LogP contribution in [0.25, 0.3) is 17.5 Å². The van der Waals surface area contributed by atoms with Crippen molar-refractivity contribution in [2.45, 2.75) is 17.7 Å². The van der Waals surface area contributed by atoms with Gasteiger partial charge < -0.3 is 10.5 Å². The Labute approximate surface area is 252 Å². The summed E-state index contributed by atoms with van der Waals surface area (Å²) in [5.74, 6) is -2.77. The second-order valence-corrected chi connectivity index (χ2v) is 12.3. The lowest BCUT2D eigenvalue weighted by atomic mass is 9.89. The maximum Gasteiger partial charge on any atom is 0.338 e. The highest BCUT2D eigenvalue weighted by molar-refractivity contribution is 7.95. The first kappa shape index (κ1) is 30.1. The van der Waals surface area contributed by atoms with Crippen LogP contribution in [-0.2, 0) is 19.4 Å². The number of ether oxygens (including phenoxy) is 1. The Morgan fingerprint density at radius 2 is 1.55 bits per heavy atom. The number of carbonyl (C=O) groups excluding carboxylic acids is 1. The van der Waals surface area contributed by atoms with Gasteiger partial charge in [0, 0.05) is 24.3 Å². The van der Waals surface area contributed by atoms with Gasteiger partial charge in [0.15, 0.2) is 0 Å². The number of carbonyl (C=O) groups is 1. The van der Waals surface area contributed by atoms with Crippen LogP contribution in [0, 0.1) is 20.2 Å². The van der Waals surface area contributed by atoms with E-state index in [4.69, 9.17) is 10.5 Å². The third-order valence-corrected chi connectivity index (χ3v) is 9.80. The van der Waals surface area contributed by atoms with Crippen LogP contribution in [0.5, 0.6) is 0 Å². The fourth-order valence-corrected chi connectivity index (χ4v) is 7.64. The topological polar surface area (TPSA) is 195 Å². The predicted octanol–water partition coefficient (Wildman–Crippen LogP) is 2.62. The van der Waals surface area contributed by atoms with E-state index >= 15 is 0 Å². The maximum atomic E-state index is 14.2. The Kier molecular flexibility index (Phi) is 7.99. The second-order valence-electron chi connectivity index (χ2n) is 9.39. The maximum absolute atomic E-state index is 14.2. The van der Waals surface area contributed by atoms with Crippen molar-refractivity contribution in [2.75, 3.05) is 6.61 Å². The first-order chi connectivity index (χ1) is 20.9. The number of aromatic nitrogens is 1. The molecule has 44 heavy (non-hydrogen) atoms. The highest BCUT2D eigenvalue weighted by Gasteiger charge is 2.42. The summed E-state index contributed by atoms with van der Waals surface area (Å²) in [4.78, 5) is 48.0. The summed E-state index contributed by atoms with van der Waals surface area (Å²) in [7, 11) is -4.48. The zero-order valence-corrected chi connectivity index (χ0v) is 24.4. The molecule has 15 heteroatoms. The van der Waals surface area contributed by atoms with Gasteiger partial charge in [-0.15, -0.1) is 11.3 Å². The van der Waals surface area contributed by atoms with Crippen LogP contribution < -0.4 is 20.5 Å². The number of nitro benzene ring substituents is 2. The number of hydrogen-bond acceptors (Lipinski definition) is 11.